The largest absolute Gasteiger partial charge is 0.497 e. The summed E-state index contributed by atoms with van der Waals surface area (Å²) in [5, 5.41) is 2.87. The van der Waals surface area contributed by atoms with Gasteiger partial charge in [-0.1, -0.05) is 20.8 Å². The van der Waals surface area contributed by atoms with Crippen LogP contribution in [0.5, 0.6) is 5.75 Å². The Morgan fingerprint density at radius 3 is 2.39 bits per heavy atom. The standard InChI is InChI=1S/C27H35N3O6/c1-26(2,3)16-23(31)29-13-11-27(12-14-29)30(25(33)19-7-9-20(34-4)10-8-19)22(18-36-27)24(32)28-17-21-6-5-15-35-21/h5-10,15,22H,11-14,16-18H2,1-4H3,(H,28,32)/t22-/m0/s1. The summed E-state index contributed by atoms with van der Waals surface area (Å²) in [5.74, 6) is 0.753. The number of methoxy groups -OCH3 is 1. The van der Waals surface area contributed by atoms with Gasteiger partial charge in [0.05, 0.1) is 26.5 Å². The number of rotatable bonds is 6. The van der Waals surface area contributed by atoms with Crippen molar-refractivity contribution in [2.24, 2.45) is 5.41 Å². The number of nitrogens with one attached hydrogen (secondary N) is 1. The van der Waals surface area contributed by atoms with E-state index in [0.29, 0.717) is 49.4 Å². The Morgan fingerprint density at radius 2 is 1.81 bits per heavy atom. The molecule has 2 aliphatic heterocycles. The first kappa shape index (κ1) is 25.8. The van der Waals surface area contributed by atoms with Crippen LogP contribution in [0.15, 0.2) is 47.1 Å². The molecule has 3 amide bonds. The number of hydrogen-bond donors (Lipinski definition) is 1. The summed E-state index contributed by atoms with van der Waals surface area (Å²) < 4.78 is 16.8. The first-order valence-electron chi connectivity index (χ1n) is 12.3. The van der Waals surface area contributed by atoms with Gasteiger partial charge in [-0.3, -0.25) is 19.3 Å². The van der Waals surface area contributed by atoms with Crippen molar-refractivity contribution in [1.29, 1.82) is 0 Å². The quantitative estimate of drug-likeness (QED) is 0.658. The molecule has 1 atom stereocenters. The number of amides is 3. The average Bonchev–Trinajstić information content (AvgIpc) is 3.50. The first-order chi connectivity index (χ1) is 17.1. The molecule has 36 heavy (non-hydrogen) atoms. The van der Waals surface area contributed by atoms with E-state index in [1.54, 1.807) is 54.7 Å². The minimum absolute atomic E-state index is 0.0851. The second-order valence-electron chi connectivity index (χ2n) is 10.6. The van der Waals surface area contributed by atoms with Crippen molar-refractivity contribution in [3.8, 4) is 5.75 Å². The highest BCUT2D eigenvalue weighted by atomic mass is 16.5. The third-order valence-corrected chi connectivity index (χ3v) is 6.71. The zero-order valence-corrected chi connectivity index (χ0v) is 21.4. The molecule has 0 aliphatic carbocycles. The van der Waals surface area contributed by atoms with Crippen molar-refractivity contribution in [2.45, 2.75) is 58.3 Å². The minimum Gasteiger partial charge on any atom is -0.497 e. The molecule has 0 unspecified atom stereocenters. The normalized spacial score (nSPS) is 19.4. The fourth-order valence-corrected chi connectivity index (χ4v) is 4.82. The van der Waals surface area contributed by atoms with Gasteiger partial charge in [0.2, 0.25) is 11.8 Å². The molecule has 1 aromatic carbocycles. The Hall–Kier alpha value is -3.33. The highest BCUT2D eigenvalue weighted by Gasteiger charge is 2.54. The van der Waals surface area contributed by atoms with Crippen molar-refractivity contribution < 1.29 is 28.3 Å². The number of carbonyl (C=O) groups is 3. The Labute approximate surface area is 211 Å². The molecular weight excluding hydrogens is 462 g/mol. The van der Waals surface area contributed by atoms with E-state index in [1.165, 1.54) is 0 Å². The number of ether oxygens (including phenoxy) is 2. The van der Waals surface area contributed by atoms with E-state index in [4.69, 9.17) is 13.9 Å². The number of hydrogen-bond acceptors (Lipinski definition) is 6. The first-order valence-corrected chi connectivity index (χ1v) is 12.3. The maximum atomic E-state index is 13.8. The van der Waals surface area contributed by atoms with Crippen molar-refractivity contribution in [3.63, 3.8) is 0 Å². The van der Waals surface area contributed by atoms with Crippen LogP contribution in [0.4, 0.5) is 0 Å². The lowest BCUT2D eigenvalue weighted by Crippen LogP contribution is -2.59. The number of piperidine rings is 1. The molecule has 9 heteroatoms. The van der Waals surface area contributed by atoms with Gasteiger partial charge in [0.25, 0.3) is 5.91 Å². The second kappa shape index (κ2) is 10.3. The van der Waals surface area contributed by atoms with Gasteiger partial charge in [-0.15, -0.1) is 0 Å². The van der Waals surface area contributed by atoms with E-state index in [1.807, 2.05) is 25.7 Å². The number of benzene rings is 1. The molecule has 1 spiro atoms. The van der Waals surface area contributed by atoms with Crippen LogP contribution in [0.25, 0.3) is 0 Å². The monoisotopic (exact) mass is 497 g/mol. The molecule has 0 bridgehead atoms. The van der Waals surface area contributed by atoms with Crippen molar-refractivity contribution in [1.82, 2.24) is 15.1 Å². The lowest BCUT2D eigenvalue weighted by atomic mass is 9.90. The summed E-state index contributed by atoms with van der Waals surface area (Å²) in [6.07, 6.45) is 2.87. The SMILES string of the molecule is COc1ccc(C(=O)N2[C@H](C(=O)NCc3ccco3)COC23CCN(C(=O)CC(C)(C)C)CC3)cc1. The lowest BCUT2D eigenvalue weighted by molar-refractivity contribution is -0.145. The van der Waals surface area contributed by atoms with Crippen LogP contribution >= 0.6 is 0 Å². The summed E-state index contributed by atoms with van der Waals surface area (Å²) in [4.78, 5) is 43.2. The van der Waals surface area contributed by atoms with E-state index in [0.717, 1.165) is 0 Å². The molecule has 2 aliphatic rings. The average molecular weight is 498 g/mol. The van der Waals surface area contributed by atoms with Gasteiger partial charge in [0.15, 0.2) is 0 Å². The van der Waals surface area contributed by atoms with Crippen LogP contribution in [0.3, 0.4) is 0 Å². The second-order valence-corrected chi connectivity index (χ2v) is 10.6. The third-order valence-electron chi connectivity index (χ3n) is 6.71. The molecule has 4 rings (SSSR count). The third kappa shape index (κ3) is 5.56. The van der Waals surface area contributed by atoms with Gasteiger partial charge in [0, 0.05) is 37.9 Å². The predicted molar refractivity (Wildman–Crippen MR) is 132 cm³/mol. The van der Waals surface area contributed by atoms with Crippen LogP contribution in [-0.2, 0) is 20.9 Å². The van der Waals surface area contributed by atoms with E-state index >= 15 is 0 Å². The van der Waals surface area contributed by atoms with Gasteiger partial charge in [-0.05, 0) is 41.8 Å². The van der Waals surface area contributed by atoms with Gasteiger partial charge < -0.3 is 24.1 Å². The number of likely N-dealkylation sites (tertiary alicyclic amines) is 1. The number of carbonyl (C=O) groups excluding carboxylic acids is 3. The zero-order valence-electron chi connectivity index (χ0n) is 21.4. The number of furan rings is 1. The van der Waals surface area contributed by atoms with Gasteiger partial charge in [-0.25, -0.2) is 0 Å². The fraction of sp³-hybridized carbons (Fsp3) is 0.519. The predicted octanol–water partition coefficient (Wildman–Crippen LogP) is 3.20. The van der Waals surface area contributed by atoms with E-state index in [2.05, 4.69) is 5.32 Å². The van der Waals surface area contributed by atoms with Crippen LogP contribution < -0.4 is 10.1 Å². The Morgan fingerprint density at radius 1 is 1.11 bits per heavy atom. The molecule has 0 saturated carbocycles. The summed E-state index contributed by atoms with van der Waals surface area (Å²) in [6, 6.07) is 9.54. The van der Waals surface area contributed by atoms with Gasteiger partial charge >= 0.3 is 0 Å². The maximum absolute atomic E-state index is 13.8. The summed E-state index contributed by atoms with van der Waals surface area (Å²) in [6.45, 7) is 7.34. The molecule has 3 heterocycles. The molecule has 1 aromatic heterocycles. The molecule has 2 fully saturated rings. The highest BCUT2D eigenvalue weighted by Crippen LogP contribution is 2.39. The Kier molecular flexibility index (Phi) is 7.40. The van der Waals surface area contributed by atoms with E-state index in [9.17, 15) is 14.4 Å². The maximum Gasteiger partial charge on any atom is 0.256 e. The highest BCUT2D eigenvalue weighted by molar-refractivity contribution is 5.98. The Bertz CT molecular complexity index is 1070. The fourth-order valence-electron chi connectivity index (χ4n) is 4.82. The van der Waals surface area contributed by atoms with Crippen LogP contribution in [-0.4, -0.2) is 66.1 Å². The van der Waals surface area contributed by atoms with Crippen LogP contribution in [0.1, 0.15) is 56.2 Å². The zero-order chi connectivity index (χ0) is 25.9. The molecule has 2 saturated heterocycles. The summed E-state index contributed by atoms with van der Waals surface area (Å²) >= 11 is 0. The minimum atomic E-state index is -0.956. The molecule has 0 radical (unpaired) electrons. The van der Waals surface area contributed by atoms with Crippen molar-refractivity contribution in [2.75, 3.05) is 26.8 Å². The molecule has 2 aromatic rings. The molecule has 194 valence electrons. The van der Waals surface area contributed by atoms with E-state index < -0.39 is 11.8 Å². The van der Waals surface area contributed by atoms with Gasteiger partial charge in [0.1, 0.15) is 23.3 Å². The lowest BCUT2D eigenvalue weighted by Gasteiger charge is -2.44. The van der Waals surface area contributed by atoms with Crippen LogP contribution in [0.2, 0.25) is 0 Å². The number of nitrogens with zero attached hydrogens (tertiary/aromatic N) is 2. The van der Waals surface area contributed by atoms with E-state index in [-0.39, 0.29) is 36.3 Å². The van der Waals surface area contributed by atoms with Crippen molar-refractivity contribution in [3.05, 3.63) is 54.0 Å². The molecule has 9 nitrogen and oxygen atoms in total. The summed E-state index contributed by atoms with van der Waals surface area (Å²) in [5.41, 5.74) is -0.623. The summed E-state index contributed by atoms with van der Waals surface area (Å²) in [7, 11) is 1.56. The van der Waals surface area contributed by atoms with Gasteiger partial charge in [-0.2, -0.15) is 0 Å². The van der Waals surface area contributed by atoms with Crippen molar-refractivity contribution >= 4 is 17.7 Å². The molecular formula is C27H35N3O6. The Balaban J connectivity index is 1.54. The van der Waals surface area contributed by atoms with Crippen LogP contribution in [0, 0.1) is 5.41 Å². The molecule has 1 N–H and O–H groups in total. The topological polar surface area (TPSA) is 101 Å². The smallest absolute Gasteiger partial charge is 0.256 e.